The molecule has 110 valence electrons. The molecule has 3 rings (SSSR count). The van der Waals surface area contributed by atoms with E-state index in [1.54, 1.807) is 6.07 Å². The third-order valence-corrected chi connectivity index (χ3v) is 5.70. The molecule has 0 aromatic heterocycles. The van der Waals surface area contributed by atoms with E-state index in [4.69, 9.17) is 0 Å². The monoisotopic (exact) mass is 373 g/mol. The fourth-order valence-corrected chi connectivity index (χ4v) is 4.25. The van der Waals surface area contributed by atoms with Crippen molar-refractivity contribution in [2.45, 2.75) is 11.3 Å². The third-order valence-electron chi connectivity index (χ3n) is 3.36. The molecule has 0 bridgehead atoms. The molecule has 0 N–H and O–H groups in total. The summed E-state index contributed by atoms with van der Waals surface area (Å²) in [4.78, 5) is -0.414. The van der Waals surface area contributed by atoms with Gasteiger partial charge in [0, 0.05) is 11.0 Å². The lowest BCUT2D eigenvalue weighted by atomic mass is 10.2. The van der Waals surface area contributed by atoms with Gasteiger partial charge in [-0.15, -0.1) is 0 Å². The molecular formula is C14H10BrF2NO2S. The molecule has 7 heteroatoms. The van der Waals surface area contributed by atoms with Crippen LogP contribution in [-0.2, 0) is 16.4 Å². The molecule has 0 saturated heterocycles. The zero-order valence-electron chi connectivity index (χ0n) is 10.7. The average Bonchev–Trinajstić information content (AvgIpc) is 2.81. The maximum absolute atomic E-state index is 13.9. The molecule has 1 heterocycles. The van der Waals surface area contributed by atoms with E-state index in [0.29, 0.717) is 10.9 Å². The Labute approximate surface area is 129 Å². The number of fused-ring (bicyclic) bond motifs is 1. The van der Waals surface area contributed by atoms with E-state index in [-0.39, 0.29) is 12.2 Å². The predicted molar refractivity (Wildman–Crippen MR) is 78.7 cm³/mol. The molecule has 21 heavy (non-hydrogen) atoms. The number of hydrogen-bond acceptors (Lipinski definition) is 2. The van der Waals surface area contributed by atoms with Crippen molar-refractivity contribution in [2.75, 3.05) is 10.8 Å². The maximum atomic E-state index is 13.9. The molecule has 0 unspecified atom stereocenters. The molecule has 0 radical (unpaired) electrons. The molecule has 1 aliphatic heterocycles. The van der Waals surface area contributed by atoms with Crippen LogP contribution in [0.25, 0.3) is 0 Å². The van der Waals surface area contributed by atoms with E-state index >= 15 is 0 Å². The van der Waals surface area contributed by atoms with Crippen LogP contribution >= 0.6 is 15.9 Å². The zero-order chi connectivity index (χ0) is 15.2. The molecule has 0 amide bonds. The van der Waals surface area contributed by atoms with Gasteiger partial charge >= 0.3 is 0 Å². The first-order valence-corrected chi connectivity index (χ1v) is 8.39. The van der Waals surface area contributed by atoms with Crippen LogP contribution in [0, 0.1) is 11.6 Å². The lowest BCUT2D eigenvalue weighted by Gasteiger charge is -2.20. The minimum atomic E-state index is -4.05. The van der Waals surface area contributed by atoms with Crippen molar-refractivity contribution in [3.05, 3.63) is 58.1 Å². The first kappa shape index (κ1) is 14.5. The molecule has 3 nitrogen and oxygen atoms in total. The van der Waals surface area contributed by atoms with E-state index in [1.165, 1.54) is 18.2 Å². The van der Waals surface area contributed by atoms with Gasteiger partial charge < -0.3 is 0 Å². The Morgan fingerprint density at radius 2 is 1.86 bits per heavy atom. The fraction of sp³-hybridized carbons (Fsp3) is 0.143. The second-order valence-electron chi connectivity index (χ2n) is 4.67. The Morgan fingerprint density at radius 1 is 1.10 bits per heavy atom. The predicted octanol–water partition coefficient (Wildman–Crippen LogP) is 3.48. The van der Waals surface area contributed by atoms with Crippen molar-refractivity contribution in [1.82, 2.24) is 0 Å². The molecule has 2 aromatic rings. The first-order chi connectivity index (χ1) is 9.89. The average molecular weight is 374 g/mol. The van der Waals surface area contributed by atoms with Gasteiger partial charge in [0.15, 0.2) is 0 Å². The molecule has 2 aromatic carbocycles. The summed E-state index contributed by atoms with van der Waals surface area (Å²) < 4.78 is 54.0. The van der Waals surface area contributed by atoms with E-state index in [1.807, 2.05) is 0 Å². The van der Waals surface area contributed by atoms with E-state index in [0.717, 1.165) is 22.0 Å². The van der Waals surface area contributed by atoms with E-state index < -0.39 is 26.6 Å². The van der Waals surface area contributed by atoms with Gasteiger partial charge in [0.05, 0.1) is 5.69 Å². The Kier molecular flexibility index (Phi) is 3.49. The Morgan fingerprint density at radius 3 is 2.57 bits per heavy atom. The van der Waals surface area contributed by atoms with Gasteiger partial charge in [-0.1, -0.05) is 22.0 Å². The van der Waals surface area contributed by atoms with Gasteiger partial charge in [-0.2, -0.15) is 0 Å². The van der Waals surface area contributed by atoms with Crippen LogP contribution in [0.15, 0.2) is 45.8 Å². The van der Waals surface area contributed by atoms with Crippen molar-refractivity contribution in [3.63, 3.8) is 0 Å². The molecule has 0 aliphatic carbocycles. The lowest BCUT2D eigenvalue weighted by Crippen LogP contribution is -2.29. The van der Waals surface area contributed by atoms with Crippen LogP contribution in [0.4, 0.5) is 14.5 Å². The van der Waals surface area contributed by atoms with Gasteiger partial charge in [-0.25, -0.2) is 17.2 Å². The Balaban J connectivity index is 2.11. The van der Waals surface area contributed by atoms with Crippen LogP contribution in [0.1, 0.15) is 5.56 Å². The summed E-state index contributed by atoms with van der Waals surface area (Å²) in [5.41, 5.74) is 1.01. The van der Waals surface area contributed by atoms with Crippen molar-refractivity contribution in [2.24, 2.45) is 0 Å². The minimum Gasteiger partial charge on any atom is -0.266 e. The second-order valence-corrected chi connectivity index (χ2v) is 7.42. The van der Waals surface area contributed by atoms with Crippen molar-refractivity contribution in [3.8, 4) is 0 Å². The van der Waals surface area contributed by atoms with Crippen LogP contribution in [0.5, 0.6) is 0 Å². The topological polar surface area (TPSA) is 37.4 Å². The smallest absolute Gasteiger partial charge is 0.266 e. The number of hydrogen-bond donors (Lipinski definition) is 0. The molecule has 1 aliphatic rings. The normalized spacial score (nSPS) is 14.3. The number of halogens is 3. The molecule has 0 spiro atoms. The van der Waals surface area contributed by atoms with Crippen LogP contribution in [-0.4, -0.2) is 15.0 Å². The molecule has 0 fully saturated rings. The largest absolute Gasteiger partial charge is 0.267 e. The van der Waals surface area contributed by atoms with Gasteiger partial charge in [-0.3, -0.25) is 4.31 Å². The highest BCUT2D eigenvalue weighted by Gasteiger charge is 2.33. The second kappa shape index (κ2) is 5.06. The van der Waals surface area contributed by atoms with E-state index in [9.17, 15) is 17.2 Å². The number of sulfonamides is 1. The third kappa shape index (κ3) is 2.44. The molecule has 0 atom stereocenters. The summed E-state index contributed by atoms with van der Waals surface area (Å²) in [5.74, 6) is -1.36. The zero-order valence-corrected chi connectivity index (χ0v) is 13.1. The van der Waals surface area contributed by atoms with Crippen LogP contribution in [0.3, 0.4) is 0 Å². The summed E-state index contributed by atoms with van der Waals surface area (Å²) >= 11 is 3.08. The van der Waals surface area contributed by atoms with E-state index in [2.05, 4.69) is 15.9 Å². The highest BCUT2D eigenvalue weighted by Crippen LogP contribution is 2.34. The fourth-order valence-electron chi connectivity index (χ4n) is 2.38. The standard InChI is InChI=1S/C14H10BrF2NO2S/c15-10-2-4-14(12(17)7-10)21(19,20)18-6-5-9-1-3-11(16)8-13(9)18/h1-4,7-8H,5-6H2. The van der Waals surface area contributed by atoms with Crippen molar-refractivity contribution >= 4 is 31.6 Å². The van der Waals surface area contributed by atoms with Gasteiger partial charge in [-0.05, 0) is 42.3 Å². The summed E-state index contributed by atoms with van der Waals surface area (Å²) in [7, 11) is -4.05. The highest BCUT2D eigenvalue weighted by atomic mass is 79.9. The van der Waals surface area contributed by atoms with Crippen LogP contribution < -0.4 is 4.31 Å². The quantitative estimate of drug-likeness (QED) is 0.807. The number of nitrogens with zero attached hydrogens (tertiary/aromatic N) is 1. The van der Waals surface area contributed by atoms with Crippen LogP contribution in [0.2, 0.25) is 0 Å². The first-order valence-electron chi connectivity index (χ1n) is 6.16. The SMILES string of the molecule is O=S(=O)(c1ccc(Br)cc1F)N1CCc2ccc(F)cc21. The number of anilines is 1. The summed E-state index contributed by atoms with van der Waals surface area (Å²) in [6.07, 6.45) is 0.479. The Hall–Kier alpha value is -1.47. The van der Waals surface area contributed by atoms with Gasteiger partial charge in [0.2, 0.25) is 0 Å². The van der Waals surface area contributed by atoms with Gasteiger partial charge in [0.1, 0.15) is 16.5 Å². The number of rotatable bonds is 2. The minimum absolute atomic E-state index is 0.177. The molecular weight excluding hydrogens is 364 g/mol. The van der Waals surface area contributed by atoms with Crippen molar-refractivity contribution < 1.29 is 17.2 Å². The summed E-state index contributed by atoms with van der Waals surface area (Å²) in [6.45, 7) is 0.177. The highest BCUT2D eigenvalue weighted by molar-refractivity contribution is 9.10. The molecule has 0 saturated carbocycles. The van der Waals surface area contributed by atoms with Gasteiger partial charge in [0.25, 0.3) is 10.0 Å². The summed E-state index contributed by atoms with van der Waals surface area (Å²) in [6, 6.07) is 7.75. The maximum Gasteiger partial charge on any atom is 0.267 e. The summed E-state index contributed by atoms with van der Waals surface area (Å²) in [5, 5.41) is 0. The Bertz CT molecular complexity index is 824. The lowest BCUT2D eigenvalue weighted by molar-refractivity contribution is 0.564. The van der Waals surface area contributed by atoms with Crippen molar-refractivity contribution in [1.29, 1.82) is 0 Å². The number of benzene rings is 2.